The summed E-state index contributed by atoms with van der Waals surface area (Å²) in [5.74, 6) is 0. The van der Waals surface area contributed by atoms with E-state index >= 15 is 0 Å². The number of thioether (sulfide) groups is 1. The summed E-state index contributed by atoms with van der Waals surface area (Å²) < 4.78 is 1.05. The van der Waals surface area contributed by atoms with Crippen LogP contribution in [0, 0.1) is 6.92 Å². The Hall–Kier alpha value is -0.330. The summed E-state index contributed by atoms with van der Waals surface area (Å²) in [6.07, 6.45) is 3.33. The topological polar surface area (TPSA) is 64.9 Å². The van der Waals surface area contributed by atoms with Crippen LogP contribution in [-0.2, 0) is 6.42 Å². The van der Waals surface area contributed by atoms with E-state index in [1.807, 2.05) is 12.1 Å². The van der Waals surface area contributed by atoms with Crippen LogP contribution in [0.2, 0.25) is 0 Å². The first-order valence-corrected chi connectivity index (χ1v) is 8.46. The Morgan fingerprint density at radius 2 is 2.05 bits per heavy atom. The van der Waals surface area contributed by atoms with Gasteiger partial charge in [-0.05, 0) is 43.5 Å². The van der Waals surface area contributed by atoms with Gasteiger partial charge in [0, 0.05) is 20.4 Å². The highest BCUT2D eigenvalue weighted by atomic mass is 79.9. The van der Waals surface area contributed by atoms with Crippen molar-refractivity contribution < 1.29 is 12.4 Å². The van der Waals surface area contributed by atoms with Gasteiger partial charge in [-0.3, -0.25) is 4.98 Å². The van der Waals surface area contributed by atoms with Crippen molar-refractivity contribution in [1.29, 1.82) is 0 Å². The molecule has 0 fully saturated rings. The molecule has 1 aromatic heterocycles. The number of rotatable bonds is 5. The fourth-order valence-corrected chi connectivity index (χ4v) is 3.60. The van der Waals surface area contributed by atoms with Crippen molar-refractivity contribution in [3.05, 3.63) is 33.9 Å². The number of hydrogen-bond donors (Lipinski definition) is 2. The molecule has 4 N–H and O–H groups in total. The number of hydrogen-bond acceptors (Lipinski definition) is 4. The number of nitrogens with two attached hydrogens (primary N) is 2. The number of aryl methyl sites for hydroxylation is 1. The van der Waals surface area contributed by atoms with E-state index in [1.54, 1.807) is 0 Å². The third kappa shape index (κ3) is 4.57. The Morgan fingerprint density at radius 1 is 1.33 bits per heavy atom. The highest BCUT2D eigenvalue weighted by molar-refractivity contribution is 9.10. The first-order valence-electron chi connectivity index (χ1n) is 6.79. The Morgan fingerprint density at radius 3 is 2.67 bits per heavy atom. The van der Waals surface area contributed by atoms with Gasteiger partial charge in [-0.25, -0.2) is 0 Å². The summed E-state index contributed by atoms with van der Waals surface area (Å²) >= 11 is 5.05. The molecule has 0 unspecified atom stereocenters. The summed E-state index contributed by atoms with van der Waals surface area (Å²) in [7, 11) is 0. The molecule has 6 heteroatoms. The van der Waals surface area contributed by atoms with E-state index in [2.05, 4.69) is 35.8 Å². The Kier molecular flexibility index (Phi) is 7.44. The Labute approximate surface area is 144 Å². The molecule has 21 heavy (non-hydrogen) atoms. The monoisotopic (exact) mass is 388 g/mol. The standard InChI is InChI=1S/C15H20BrN3S.ClH/c1-3-4-5-11-9(2)19-13-7-6-10(16)8-12(13)14(11)20-15(17)18;/h6-8,15H,3-5,17-18H2,1-2H3;1H/p-1. The van der Waals surface area contributed by atoms with Gasteiger partial charge in [0.25, 0.3) is 0 Å². The number of aromatic nitrogens is 1. The highest BCUT2D eigenvalue weighted by Crippen LogP contribution is 2.35. The molecule has 0 aliphatic carbocycles. The van der Waals surface area contributed by atoms with Gasteiger partial charge >= 0.3 is 0 Å². The van der Waals surface area contributed by atoms with Crippen molar-refractivity contribution in [1.82, 2.24) is 4.98 Å². The average molecular weight is 390 g/mol. The minimum atomic E-state index is -0.417. The third-order valence-electron chi connectivity index (χ3n) is 3.24. The maximum atomic E-state index is 5.81. The zero-order valence-corrected chi connectivity index (χ0v) is 15.4. The van der Waals surface area contributed by atoms with Crippen molar-refractivity contribution in [3.63, 3.8) is 0 Å². The summed E-state index contributed by atoms with van der Waals surface area (Å²) in [6, 6.07) is 6.14. The van der Waals surface area contributed by atoms with Crippen LogP contribution in [0.1, 0.15) is 31.0 Å². The number of nitrogens with zero attached hydrogens (tertiary/aromatic N) is 1. The van der Waals surface area contributed by atoms with Crippen molar-refractivity contribution in [2.24, 2.45) is 11.5 Å². The van der Waals surface area contributed by atoms with E-state index in [9.17, 15) is 0 Å². The molecule has 0 aliphatic rings. The van der Waals surface area contributed by atoms with Crippen LogP contribution in [0.15, 0.2) is 27.6 Å². The quantitative estimate of drug-likeness (QED) is 0.590. The summed E-state index contributed by atoms with van der Waals surface area (Å²) in [4.78, 5) is 5.90. The van der Waals surface area contributed by atoms with E-state index in [0.29, 0.717) is 0 Å². The SMILES string of the molecule is CCCCc1c(C)nc2ccc(Br)cc2c1SC(N)N.[Cl-]. The number of halogens is 2. The molecule has 0 aliphatic heterocycles. The van der Waals surface area contributed by atoms with Crippen LogP contribution in [0.4, 0.5) is 0 Å². The van der Waals surface area contributed by atoms with Crippen LogP contribution in [-0.4, -0.2) is 10.5 Å². The van der Waals surface area contributed by atoms with Crippen LogP contribution in [0.25, 0.3) is 10.9 Å². The predicted molar refractivity (Wildman–Crippen MR) is 90.8 cm³/mol. The molecule has 2 aromatic rings. The van der Waals surface area contributed by atoms with E-state index in [1.165, 1.54) is 22.2 Å². The van der Waals surface area contributed by atoms with Crippen LogP contribution >= 0.6 is 27.7 Å². The fraction of sp³-hybridized carbons (Fsp3) is 0.400. The minimum Gasteiger partial charge on any atom is -1.00 e. The lowest BCUT2D eigenvalue weighted by molar-refractivity contribution is -0.00000432. The lowest BCUT2D eigenvalue weighted by Crippen LogP contribution is -3.00. The van der Waals surface area contributed by atoms with Gasteiger partial charge in [0.05, 0.1) is 5.52 Å². The highest BCUT2D eigenvalue weighted by Gasteiger charge is 2.15. The molecule has 0 atom stereocenters. The van der Waals surface area contributed by atoms with Crippen LogP contribution in [0.3, 0.4) is 0 Å². The summed E-state index contributed by atoms with van der Waals surface area (Å²) in [5.41, 5.74) is 14.6. The van der Waals surface area contributed by atoms with E-state index in [0.717, 1.165) is 40.3 Å². The molecule has 0 spiro atoms. The van der Waals surface area contributed by atoms with Crippen molar-refractivity contribution >= 4 is 38.6 Å². The van der Waals surface area contributed by atoms with Gasteiger partial charge in [-0.2, -0.15) is 0 Å². The molecule has 116 valence electrons. The van der Waals surface area contributed by atoms with E-state index in [-0.39, 0.29) is 12.4 Å². The molecule has 1 heterocycles. The van der Waals surface area contributed by atoms with Crippen LogP contribution < -0.4 is 23.9 Å². The molecule has 0 saturated carbocycles. The number of benzene rings is 1. The molecular weight excluding hydrogens is 370 g/mol. The molecule has 0 radical (unpaired) electrons. The Bertz CT molecular complexity index is 619. The maximum Gasteiger partial charge on any atom is 0.105 e. The van der Waals surface area contributed by atoms with E-state index < -0.39 is 5.50 Å². The Balaban J connectivity index is 0.00000220. The van der Waals surface area contributed by atoms with Gasteiger partial charge in [0.1, 0.15) is 5.50 Å². The summed E-state index contributed by atoms with van der Waals surface area (Å²) in [5, 5.41) is 1.13. The first kappa shape index (κ1) is 18.7. The normalized spacial score (nSPS) is 11.0. The molecular formula is C15H20BrClN3S-. The molecule has 2 rings (SSSR count). The van der Waals surface area contributed by atoms with Crippen molar-refractivity contribution in [2.45, 2.75) is 43.5 Å². The van der Waals surface area contributed by atoms with Gasteiger partial charge in [0.2, 0.25) is 0 Å². The van der Waals surface area contributed by atoms with Crippen LogP contribution in [0.5, 0.6) is 0 Å². The second kappa shape index (κ2) is 8.34. The molecule has 0 amide bonds. The maximum absolute atomic E-state index is 5.81. The van der Waals surface area contributed by atoms with E-state index in [4.69, 9.17) is 16.5 Å². The van der Waals surface area contributed by atoms with Gasteiger partial charge < -0.3 is 23.9 Å². The average Bonchev–Trinajstić information content (AvgIpc) is 2.38. The van der Waals surface area contributed by atoms with Crippen molar-refractivity contribution in [2.75, 3.05) is 0 Å². The largest absolute Gasteiger partial charge is 1.00 e. The molecule has 0 bridgehead atoms. The lowest BCUT2D eigenvalue weighted by atomic mass is 10.0. The molecule has 0 saturated heterocycles. The second-order valence-corrected chi connectivity index (χ2v) is 6.96. The molecule has 1 aromatic carbocycles. The second-order valence-electron chi connectivity index (χ2n) is 4.85. The van der Waals surface area contributed by atoms with Gasteiger partial charge in [-0.15, -0.1) is 0 Å². The van der Waals surface area contributed by atoms with Gasteiger partial charge in [-0.1, -0.05) is 41.0 Å². The molecule has 3 nitrogen and oxygen atoms in total. The number of unbranched alkanes of at least 4 members (excludes halogenated alkanes) is 1. The summed E-state index contributed by atoms with van der Waals surface area (Å²) in [6.45, 7) is 4.26. The number of pyridine rings is 1. The third-order valence-corrected chi connectivity index (χ3v) is 4.70. The zero-order valence-electron chi connectivity index (χ0n) is 12.2. The first-order chi connectivity index (χ1) is 9.52. The number of fused-ring (bicyclic) bond motifs is 1. The minimum absolute atomic E-state index is 0. The lowest BCUT2D eigenvalue weighted by Gasteiger charge is -2.16. The predicted octanol–water partition coefficient (Wildman–Crippen LogP) is 0.945. The fourth-order valence-electron chi connectivity index (χ4n) is 2.28. The smallest absolute Gasteiger partial charge is 0.105 e. The van der Waals surface area contributed by atoms with Crippen molar-refractivity contribution in [3.8, 4) is 0 Å². The van der Waals surface area contributed by atoms with Gasteiger partial charge in [0.15, 0.2) is 0 Å². The zero-order chi connectivity index (χ0) is 14.7.